The lowest BCUT2D eigenvalue weighted by atomic mass is 10.3. The highest BCUT2D eigenvalue weighted by Crippen LogP contribution is 2.15. The molecule has 0 saturated carbocycles. The summed E-state index contributed by atoms with van der Waals surface area (Å²) in [6.07, 6.45) is -0.952. The monoisotopic (exact) mass is 200 g/mol. The average molecular weight is 200 g/mol. The van der Waals surface area contributed by atoms with E-state index in [0.717, 1.165) is 0 Å². The van der Waals surface area contributed by atoms with Crippen LogP contribution in [0.25, 0.3) is 0 Å². The predicted octanol–water partition coefficient (Wildman–Crippen LogP) is 0.0558. The molecule has 0 amide bonds. The molecule has 78 valence electrons. The summed E-state index contributed by atoms with van der Waals surface area (Å²) in [6.45, 7) is -0.490. The zero-order valence-electron chi connectivity index (χ0n) is 7.46. The number of aliphatic hydroxyl groups is 2. The molecule has 0 aliphatic heterocycles. The Morgan fingerprint density at radius 1 is 1.21 bits per heavy atom. The Kier molecular flexibility index (Phi) is 4.18. The van der Waals surface area contributed by atoms with Gasteiger partial charge in [0.25, 0.3) is 0 Å². The fourth-order valence-electron chi connectivity index (χ4n) is 0.735. The maximum Gasteiger partial charge on any atom is 0.165 e. The molecule has 5 heteroatoms. The summed E-state index contributed by atoms with van der Waals surface area (Å²) in [5.41, 5.74) is 0. The normalized spacial score (nSPS) is 12.4. The Balaban J connectivity index is 2.28. The van der Waals surface area contributed by atoms with Crippen molar-refractivity contribution in [1.29, 1.82) is 0 Å². The number of phenolic OH excluding ortho intramolecular Hbond substituents is 1. The van der Waals surface area contributed by atoms with Gasteiger partial charge in [-0.05, 0) is 24.3 Å². The van der Waals surface area contributed by atoms with E-state index in [2.05, 4.69) is 4.89 Å². The van der Waals surface area contributed by atoms with E-state index in [1.807, 2.05) is 0 Å². The van der Waals surface area contributed by atoms with Crippen LogP contribution in [0.15, 0.2) is 24.3 Å². The van der Waals surface area contributed by atoms with Gasteiger partial charge in [-0.2, -0.15) is 4.89 Å². The Hall–Kier alpha value is -1.30. The van der Waals surface area contributed by atoms with Crippen LogP contribution in [0.5, 0.6) is 11.5 Å². The molecule has 0 radical (unpaired) electrons. The molecule has 1 unspecified atom stereocenters. The van der Waals surface area contributed by atoms with Gasteiger partial charge in [0.05, 0.1) is 6.61 Å². The Morgan fingerprint density at radius 2 is 1.86 bits per heavy atom. The molecule has 1 aromatic rings. The lowest BCUT2D eigenvalue weighted by Gasteiger charge is -2.07. The number of phenols is 1. The van der Waals surface area contributed by atoms with Crippen LogP contribution in [-0.2, 0) is 4.89 Å². The van der Waals surface area contributed by atoms with Crippen LogP contribution in [0, 0.1) is 0 Å². The molecule has 0 aliphatic rings. The second-order valence-corrected chi connectivity index (χ2v) is 2.70. The molecule has 0 heterocycles. The van der Waals surface area contributed by atoms with Crippen LogP contribution < -0.4 is 4.89 Å². The van der Waals surface area contributed by atoms with E-state index in [-0.39, 0.29) is 19.0 Å². The topological polar surface area (TPSA) is 79.2 Å². The average Bonchev–Trinajstić information content (AvgIpc) is 2.21. The lowest BCUT2D eigenvalue weighted by molar-refractivity contribution is -0.226. The minimum atomic E-state index is -0.952. The highest BCUT2D eigenvalue weighted by atomic mass is 17.2. The zero-order chi connectivity index (χ0) is 10.4. The highest BCUT2D eigenvalue weighted by molar-refractivity contribution is 5.29. The van der Waals surface area contributed by atoms with Gasteiger partial charge in [-0.1, -0.05) is 0 Å². The summed E-state index contributed by atoms with van der Waals surface area (Å²) < 4.78 is 0. The van der Waals surface area contributed by atoms with Crippen molar-refractivity contribution >= 4 is 0 Å². The van der Waals surface area contributed by atoms with Crippen LogP contribution in [-0.4, -0.2) is 34.6 Å². The summed E-state index contributed by atoms with van der Waals surface area (Å²) in [6, 6.07) is 5.92. The van der Waals surface area contributed by atoms with Crippen LogP contribution in [0.2, 0.25) is 0 Å². The largest absolute Gasteiger partial charge is 0.508 e. The number of aliphatic hydroxyl groups excluding tert-OH is 2. The quantitative estimate of drug-likeness (QED) is 0.462. The van der Waals surface area contributed by atoms with Crippen LogP contribution in [0.4, 0.5) is 0 Å². The molecule has 0 fully saturated rings. The predicted molar refractivity (Wildman–Crippen MR) is 47.8 cm³/mol. The fourth-order valence-corrected chi connectivity index (χ4v) is 0.735. The van der Waals surface area contributed by atoms with Crippen molar-refractivity contribution in [2.45, 2.75) is 6.10 Å². The Bertz CT molecular complexity index is 258. The van der Waals surface area contributed by atoms with Crippen molar-refractivity contribution in [1.82, 2.24) is 0 Å². The molecule has 1 aromatic carbocycles. The van der Waals surface area contributed by atoms with Gasteiger partial charge < -0.3 is 20.2 Å². The van der Waals surface area contributed by atoms with Crippen LogP contribution in [0.1, 0.15) is 0 Å². The van der Waals surface area contributed by atoms with Gasteiger partial charge in [0.1, 0.15) is 18.5 Å². The standard InChI is InChI=1S/C9H12O5/c10-5-8(12)6-13-14-9-3-1-7(11)2-4-9/h1-4,8,10-12H,5-6H2. The highest BCUT2D eigenvalue weighted by Gasteiger charge is 2.02. The van der Waals surface area contributed by atoms with E-state index in [1.165, 1.54) is 24.3 Å². The number of benzene rings is 1. The molecule has 3 N–H and O–H groups in total. The molecular formula is C9H12O5. The molecule has 0 spiro atoms. The summed E-state index contributed by atoms with van der Waals surface area (Å²) in [5.74, 6) is 0.542. The van der Waals surface area contributed by atoms with E-state index in [0.29, 0.717) is 5.75 Å². The van der Waals surface area contributed by atoms with Gasteiger partial charge in [-0.25, -0.2) is 0 Å². The van der Waals surface area contributed by atoms with Crippen molar-refractivity contribution in [3.8, 4) is 11.5 Å². The van der Waals surface area contributed by atoms with Gasteiger partial charge in [0.15, 0.2) is 5.75 Å². The molecule has 1 rings (SSSR count). The minimum Gasteiger partial charge on any atom is -0.508 e. The smallest absolute Gasteiger partial charge is 0.165 e. The number of hydrogen-bond acceptors (Lipinski definition) is 5. The molecule has 0 bridgehead atoms. The van der Waals surface area contributed by atoms with E-state index < -0.39 is 6.10 Å². The van der Waals surface area contributed by atoms with Crippen LogP contribution >= 0.6 is 0 Å². The second-order valence-electron chi connectivity index (χ2n) is 2.70. The van der Waals surface area contributed by atoms with Gasteiger partial charge in [-0.3, -0.25) is 0 Å². The maximum atomic E-state index is 8.94. The van der Waals surface area contributed by atoms with Crippen molar-refractivity contribution < 1.29 is 25.1 Å². The number of aromatic hydroxyl groups is 1. The zero-order valence-corrected chi connectivity index (χ0v) is 7.46. The van der Waals surface area contributed by atoms with Crippen molar-refractivity contribution in [3.63, 3.8) is 0 Å². The van der Waals surface area contributed by atoms with Crippen LogP contribution in [0.3, 0.4) is 0 Å². The first-order chi connectivity index (χ1) is 6.72. The minimum absolute atomic E-state index is 0.114. The summed E-state index contributed by atoms with van der Waals surface area (Å²) in [7, 11) is 0. The summed E-state index contributed by atoms with van der Waals surface area (Å²) in [4.78, 5) is 9.37. The SMILES string of the molecule is OCC(O)COOc1ccc(O)cc1. The van der Waals surface area contributed by atoms with Gasteiger partial charge in [0, 0.05) is 0 Å². The molecule has 0 aromatic heterocycles. The summed E-state index contributed by atoms with van der Waals surface area (Å²) in [5, 5.41) is 26.3. The molecular weight excluding hydrogens is 188 g/mol. The first-order valence-electron chi connectivity index (χ1n) is 4.10. The van der Waals surface area contributed by atoms with Gasteiger partial charge >= 0.3 is 0 Å². The van der Waals surface area contributed by atoms with E-state index in [4.69, 9.17) is 20.2 Å². The van der Waals surface area contributed by atoms with E-state index >= 15 is 0 Å². The molecule has 0 saturated heterocycles. The second kappa shape index (κ2) is 5.43. The van der Waals surface area contributed by atoms with Crippen molar-refractivity contribution in [2.75, 3.05) is 13.2 Å². The third-order valence-corrected chi connectivity index (χ3v) is 1.46. The molecule has 5 nitrogen and oxygen atoms in total. The first kappa shape index (κ1) is 10.8. The molecule has 0 aliphatic carbocycles. The first-order valence-corrected chi connectivity index (χ1v) is 4.10. The maximum absolute atomic E-state index is 8.94. The Labute approximate surface area is 81.1 Å². The van der Waals surface area contributed by atoms with Gasteiger partial charge in [-0.15, -0.1) is 0 Å². The lowest BCUT2D eigenvalue weighted by Crippen LogP contribution is -2.20. The third-order valence-electron chi connectivity index (χ3n) is 1.46. The Morgan fingerprint density at radius 3 is 2.43 bits per heavy atom. The molecule has 1 atom stereocenters. The van der Waals surface area contributed by atoms with Crippen molar-refractivity contribution in [3.05, 3.63) is 24.3 Å². The van der Waals surface area contributed by atoms with Crippen molar-refractivity contribution in [2.24, 2.45) is 0 Å². The number of rotatable bonds is 5. The summed E-state index contributed by atoms with van der Waals surface area (Å²) >= 11 is 0. The third kappa shape index (κ3) is 3.61. The number of hydrogen-bond donors (Lipinski definition) is 3. The molecule has 14 heavy (non-hydrogen) atoms. The van der Waals surface area contributed by atoms with E-state index in [1.54, 1.807) is 0 Å². The van der Waals surface area contributed by atoms with E-state index in [9.17, 15) is 0 Å². The van der Waals surface area contributed by atoms with Gasteiger partial charge in [0.2, 0.25) is 0 Å². The fraction of sp³-hybridized carbons (Fsp3) is 0.333.